The number of rotatable bonds is 6. The SMILES string of the molecule is CCOc1ccccc1C(=O)Nc1nc(CN2CCOCC2)cs1. The van der Waals surface area contributed by atoms with Crippen LogP contribution in [0.15, 0.2) is 29.6 Å². The van der Waals surface area contributed by atoms with E-state index in [1.807, 2.05) is 24.4 Å². The normalized spacial score (nSPS) is 15.2. The zero-order valence-electron chi connectivity index (χ0n) is 13.7. The third kappa shape index (κ3) is 4.31. The van der Waals surface area contributed by atoms with Crippen molar-refractivity contribution in [2.45, 2.75) is 13.5 Å². The van der Waals surface area contributed by atoms with Gasteiger partial charge >= 0.3 is 0 Å². The average Bonchev–Trinajstić information content (AvgIpc) is 3.03. The van der Waals surface area contributed by atoms with Crippen LogP contribution in [0.3, 0.4) is 0 Å². The van der Waals surface area contributed by atoms with Gasteiger partial charge in [0.25, 0.3) is 5.91 Å². The number of morpholine rings is 1. The Kier molecular flexibility index (Phi) is 5.79. The lowest BCUT2D eigenvalue weighted by atomic mass is 10.2. The Balaban J connectivity index is 1.63. The molecule has 0 aliphatic carbocycles. The third-order valence-corrected chi connectivity index (χ3v) is 4.50. The summed E-state index contributed by atoms with van der Waals surface area (Å²) in [6.07, 6.45) is 0. The second-order valence-corrected chi connectivity index (χ2v) is 6.27. The van der Waals surface area contributed by atoms with E-state index in [0.717, 1.165) is 38.5 Å². The number of amides is 1. The maximum Gasteiger partial charge on any atom is 0.261 e. The molecule has 128 valence electrons. The van der Waals surface area contributed by atoms with Gasteiger partial charge in [0, 0.05) is 25.0 Å². The van der Waals surface area contributed by atoms with E-state index in [-0.39, 0.29) is 5.91 Å². The van der Waals surface area contributed by atoms with Crippen LogP contribution in [0, 0.1) is 0 Å². The fourth-order valence-corrected chi connectivity index (χ4v) is 3.22. The van der Waals surface area contributed by atoms with E-state index in [1.54, 1.807) is 12.1 Å². The Morgan fingerprint density at radius 3 is 2.96 bits per heavy atom. The number of benzene rings is 1. The second-order valence-electron chi connectivity index (χ2n) is 5.42. The number of carbonyl (C=O) groups is 1. The number of nitrogens with one attached hydrogen (secondary N) is 1. The molecule has 0 saturated carbocycles. The van der Waals surface area contributed by atoms with Crippen LogP contribution in [-0.4, -0.2) is 48.7 Å². The molecule has 3 rings (SSSR count). The van der Waals surface area contributed by atoms with Crippen LogP contribution in [0.4, 0.5) is 5.13 Å². The van der Waals surface area contributed by atoms with Gasteiger partial charge < -0.3 is 9.47 Å². The van der Waals surface area contributed by atoms with Gasteiger partial charge in [0.1, 0.15) is 5.75 Å². The van der Waals surface area contributed by atoms with Crippen molar-refractivity contribution in [2.24, 2.45) is 0 Å². The number of nitrogens with zero attached hydrogens (tertiary/aromatic N) is 2. The minimum atomic E-state index is -0.202. The van der Waals surface area contributed by atoms with E-state index >= 15 is 0 Å². The number of anilines is 1. The summed E-state index contributed by atoms with van der Waals surface area (Å²) in [5.74, 6) is 0.383. The Morgan fingerprint density at radius 1 is 1.38 bits per heavy atom. The largest absolute Gasteiger partial charge is 0.493 e. The first-order chi connectivity index (χ1) is 11.8. The van der Waals surface area contributed by atoms with Gasteiger partial charge in [0.2, 0.25) is 0 Å². The maximum atomic E-state index is 12.5. The van der Waals surface area contributed by atoms with Gasteiger partial charge in [-0.05, 0) is 19.1 Å². The Bertz CT molecular complexity index is 683. The molecule has 2 heterocycles. The van der Waals surface area contributed by atoms with Gasteiger partial charge in [-0.15, -0.1) is 11.3 Å². The highest BCUT2D eigenvalue weighted by Gasteiger charge is 2.15. The van der Waals surface area contributed by atoms with Crippen molar-refractivity contribution in [3.8, 4) is 5.75 Å². The van der Waals surface area contributed by atoms with Crippen molar-refractivity contribution in [2.75, 3.05) is 38.2 Å². The molecule has 0 radical (unpaired) electrons. The lowest BCUT2D eigenvalue weighted by molar-refractivity contribution is 0.0337. The highest BCUT2D eigenvalue weighted by Crippen LogP contribution is 2.22. The molecule has 0 spiro atoms. The predicted octanol–water partition coefficient (Wildman–Crippen LogP) is 2.63. The predicted molar refractivity (Wildman–Crippen MR) is 93.8 cm³/mol. The number of para-hydroxylation sites is 1. The number of hydrogen-bond acceptors (Lipinski definition) is 6. The van der Waals surface area contributed by atoms with Gasteiger partial charge in [0.15, 0.2) is 5.13 Å². The molecular formula is C17H21N3O3S. The molecular weight excluding hydrogens is 326 g/mol. The van der Waals surface area contributed by atoms with E-state index < -0.39 is 0 Å². The minimum absolute atomic E-state index is 0.202. The lowest BCUT2D eigenvalue weighted by Gasteiger charge is -2.25. The molecule has 1 saturated heterocycles. The van der Waals surface area contributed by atoms with E-state index in [1.165, 1.54) is 11.3 Å². The van der Waals surface area contributed by atoms with Gasteiger partial charge in [0.05, 0.1) is 31.1 Å². The first-order valence-electron chi connectivity index (χ1n) is 8.04. The summed E-state index contributed by atoms with van der Waals surface area (Å²) in [7, 11) is 0. The summed E-state index contributed by atoms with van der Waals surface area (Å²) in [6.45, 7) is 6.57. The molecule has 2 aromatic rings. The fourth-order valence-electron chi connectivity index (χ4n) is 2.53. The van der Waals surface area contributed by atoms with Crippen molar-refractivity contribution >= 4 is 22.4 Å². The van der Waals surface area contributed by atoms with Crippen LogP contribution in [-0.2, 0) is 11.3 Å². The Morgan fingerprint density at radius 2 is 2.17 bits per heavy atom. The van der Waals surface area contributed by atoms with Crippen LogP contribution in [0.25, 0.3) is 0 Å². The summed E-state index contributed by atoms with van der Waals surface area (Å²) in [5.41, 5.74) is 1.49. The first-order valence-corrected chi connectivity index (χ1v) is 8.92. The third-order valence-electron chi connectivity index (χ3n) is 3.69. The molecule has 0 bridgehead atoms. The smallest absolute Gasteiger partial charge is 0.261 e. The Hall–Kier alpha value is -1.96. The molecule has 0 atom stereocenters. The van der Waals surface area contributed by atoms with Gasteiger partial charge in [-0.25, -0.2) is 4.98 Å². The average molecular weight is 347 g/mol. The summed E-state index contributed by atoms with van der Waals surface area (Å²) < 4.78 is 10.9. The summed E-state index contributed by atoms with van der Waals surface area (Å²) in [6, 6.07) is 7.22. The zero-order chi connectivity index (χ0) is 16.8. The minimum Gasteiger partial charge on any atom is -0.493 e. The monoisotopic (exact) mass is 347 g/mol. The van der Waals surface area contributed by atoms with Crippen molar-refractivity contribution in [1.82, 2.24) is 9.88 Å². The fraction of sp³-hybridized carbons (Fsp3) is 0.412. The van der Waals surface area contributed by atoms with E-state index in [4.69, 9.17) is 9.47 Å². The highest BCUT2D eigenvalue weighted by atomic mass is 32.1. The molecule has 1 fully saturated rings. The maximum absolute atomic E-state index is 12.5. The highest BCUT2D eigenvalue weighted by molar-refractivity contribution is 7.14. The zero-order valence-corrected chi connectivity index (χ0v) is 14.5. The van der Waals surface area contributed by atoms with Crippen molar-refractivity contribution in [3.63, 3.8) is 0 Å². The summed E-state index contributed by atoms with van der Waals surface area (Å²) in [5, 5.41) is 5.45. The van der Waals surface area contributed by atoms with E-state index in [9.17, 15) is 4.79 Å². The molecule has 1 aromatic carbocycles. The second kappa shape index (κ2) is 8.23. The lowest BCUT2D eigenvalue weighted by Crippen LogP contribution is -2.35. The molecule has 1 aliphatic rings. The molecule has 1 aliphatic heterocycles. The van der Waals surface area contributed by atoms with Crippen LogP contribution >= 0.6 is 11.3 Å². The van der Waals surface area contributed by atoms with Crippen LogP contribution in [0.1, 0.15) is 23.0 Å². The van der Waals surface area contributed by atoms with Gasteiger partial charge in [-0.2, -0.15) is 0 Å². The topological polar surface area (TPSA) is 63.7 Å². The molecule has 24 heavy (non-hydrogen) atoms. The number of carbonyl (C=O) groups excluding carboxylic acids is 1. The first kappa shape index (κ1) is 16.9. The quantitative estimate of drug-likeness (QED) is 0.870. The van der Waals surface area contributed by atoms with Crippen molar-refractivity contribution in [1.29, 1.82) is 0 Å². The number of ether oxygens (including phenoxy) is 2. The van der Waals surface area contributed by atoms with Crippen molar-refractivity contribution < 1.29 is 14.3 Å². The standard InChI is InChI=1S/C17H21N3O3S/c1-2-23-15-6-4-3-5-14(15)16(21)19-17-18-13(12-24-17)11-20-7-9-22-10-8-20/h3-6,12H,2,7-11H2,1H3,(H,18,19,21). The molecule has 1 aromatic heterocycles. The summed E-state index contributed by atoms with van der Waals surface area (Å²) in [4.78, 5) is 19.3. The molecule has 1 amide bonds. The van der Waals surface area contributed by atoms with Crippen LogP contribution < -0.4 is 10.1 Å². The Labute approximate surface area is 145 Å². The number of thiazole rings is 1. The molecule has 6 nitrogen and oxygen atoms in total. The van der Waals surface area contributed by atoms with Crippen LogP contribution in [0.5, 0.6) is 5.75 Å². The van der Waals surface area contributed by atoms with Crippen molar-refractivity contribution in [3.05, 3.63) is 40.9 Å². The molecule has 7 heteroatoms. The van der Waals surface area contributed by atoms with Gasteiger partial charge in [-0.1, -0.05) is 12.1 Å². The van der Waals surface area contributed by atoms with Gasteiger partial charge in [-0.3, -0.25) is 15.0 Å². The molecule has 0 unspecified atom stereocenters. The van der Waals surface area contributed by atoms with E-state index in [2.05, 4.69) is 15.2 Å². The van der Waals surface area contributed by atoms with E-state index in [0.29, 0.717) is 23.1 Å². The van der Waals surface area contributed by atoms with Crippen LogP contribution in [0.2, 0.25) is 0 Å². The number of aromatic nitrogens is 1. The summed E-state index contributed by atoms with van der Waals surface area (Å²) >= 11 is 1.44. The molecule has 1 N–H and O–H groups in total. The number of hydrogen-bond donors (Lipinski definition) is 1.